The molecule has 0 atom stereocenters. The van der Waals surface area contributed by atoms with Gasteiger partial charge in [0.05, 0.1) is 5.56 Å². The van der Waals surface area contributed by atoms with Crippen molar-refractivity contribution in [1.29, 1.82) is 0 Å². The standard InChI is InChI=1S/C9H11ClN4/c1-12-5-3-2-4-7-6-8(10)13-14-9(7)11/h6,12H,3,5H2,1H3,(H2,11,14). The summed E-state index contributed by atoms with van der Waals surface area (Å²) in [5.74, 6) is 6.15. The van der Waals surface area contributed by atoms with E-state index >= 15 is 0 Å². The lowest BCUT2D eigenvalue weighted by Crippen LogP contribution is -2.06. The van der Waals surface area contributed by atoms with E-state index in [1.807, 2.05) is 7.05 Å². The second kappa shape index (κ2) is 5.43. The van der Waals surface area contributed by atoms with Gasteiger partial charge in [0.2, 0.25) is 0 Å². The lowest BCUT2D eigenvalue weighted by molar-refractivity contribution is 0.818. The van der Waals surface area contributed by atoms with E-state index in [2.05, 4.69) is 27.4 Å². The summed E-state index contributed by atoms with van der Waals surface area (Å²) in [6.07, 6.45) is 0.760. The Morgan fingerprint density at radius 3 is 3.07 bits per heavy atom. The average molecular weight is 211 g/mol. The zero-order chi connectivity index (χ0) is 10.4. The Kier molecular flexibility index (Phi) is 4.17. The molecule has 0 aliphatic heterocycles. The van der Waals surface area contributed by atoms with Crippen LogP contribution in [0.4, 0.5) is 5.82 Å². The third kappa shape index (κ3) is 3.21. The Morgan fingerprint density at radius 2 is 2.36 bits per heavy atom. The van der Waals surface area contributed by atoms with Gasteiger partial charge in [0.25, 0.3) is 0 Å². The molecule has 0 saturated carbocycles. The van der Waals surface area contributed by atoms with Crippen molar-refractivity contribution in [3.8, 4) is 11.8 Å². The van der Waals surface area contributed by atoms with E-state index in [0.717, 1.165) is 13.0 Å². The molecular formula is C9H11ClN4. The average Bonchev–Trinajstić information content (AvgIpc) is 2.18. The van der Waals surface area contributed by atoms with Crippen LogP contribution in [0.25, 0.3) is 0 Å². The molecule has 0 aliphatic carbocycles. The van der Waals surface area contributed by atoms with Gasteiger partial charge in [-0.05, 0) is 13.1 Å². The minimum Gasteiger partial charge on any atom is -0.381 e. The smallest absolute Gasteiger partial charge is 0.162 e. The van der Waals surface area contributed by atoms with Gasteiger partial charge in [0.15, 0.2) is 11.0 Å². The fourth-order valence-corrected chi connectivity index (χ4v) is 0.970. The first-order valence-corrected chi connectivity index (χ1v) is 4.54. The van der Waals surface area contributed by atoms with Crippen LogP contribution in [0.5, 0.6) is 0 Å². The molecule has 0 saturated heterocycles. The van der Waals surface area contributed by atoms with E-state index in [1.54, 1.807) is 6.07 Å². The predicted molar refractivity (Wildman–Crippen MR) is 56.9 cm³/mol. The molecule has 1 aromatic heterocycles. The van der Waals surface area contributed by atoms with Crippen LogP contribution in [0.2, 0.25) is 5.15 Å². The van der Waals surface area contributed by atoms with Crippen LogP contribution < -0.4 is 11.1 Å². The molecule has 0 amide bonds. The molecule has 74 valence electrons. The Morgan fingerprint density at radius 1 is 1.57 bits per heavy atom. The summed E-state index contributed by atoms with van der Waals surface area (Å²) in [4.78, 5) is 0. The molecule has 0 unspecified atom stereocenters. The fourth-order valence-electron chi connectivity index (χ4n) is 0.823. The lowest BCUT2D eigenvalue weighted by atomic mass is 10.2. The molecule has 0 aromatic carbocycles. The van der Waals surface area contributed by atoms with E-state index in [9.17, 15) is 0 Å². The lowest BCUT2D eigenvalue weighted by Gasteiger charge is -1.95. The van der Waals surface area contributed by atoms with Gasteiger partial charge in [-0.2, -0.15) is 0 Å². The minimum atomic E-state index is 0.303. The number of hydrogen-bond donors (Lipinski definition) is 2. The molecular weight excluding hydrogens is 200 g/mol. The van der Waals surface area contributed by atoms with Crippen LogP contribution in [0.1, 0.15) is 12.0 Å². The maximum atomic E-state index is 5.65. The van der Waals surface area contributed by atoms with E-state index < -0.39 is 0 Å². The predicted octanol–water partition coefficient (Wildman–Crippen LogP) is 0.673. The second-order valence-corrected chi connectivity index (χ2v) is 3.01. The summed E-state index contributed by atoms with van der Waals surface area (Å²) < 4.78 is 0. The second-order valence-electron chi connectivity index (χ2n) is 2.62. The molecule has 4 nitrogen and oxygen atoms in total. The first-order chi connectivity index (χ1) is 6.74. The molecule has 0 aliphatic rings. The van der Waals surface area contributed by atoms with Crippen LogP contribution >= 0.6 is 11.6 Å². The number of anilines is 1. The Bertz CT molecular complexity index is 367. The summed E-state index contributed by atoms with van der Waals surface area (Å²) in [6, 6.07) is 1.61. The van der Waals surface area contributed by atoms with Crippen molar-refractivity contribution in [2.24, 2.45) is 0 Å². The van der Waals surface area contributed by atoms with Crippen LogP contribution in [0, 0.1) is 11.8 Å². The third-order valence-electron chi connectivity index (χ3n) is 1.52. The molecule has 1 heterocycles. The molecule has 0 spiro atoms. The van der Waals surface area contributed by atoms with Crippen LogP contribution in [0.15, 0.2) is 6.07 Å². The van der Waals surface area contributed by atoms with Gasteiger partial charge < -0.3 is 11.1 Å². The van der Waals surface area contributed by atoms with Gasteiger partial charge in [-0.1, -0.05) is 23.4 Å². The Labute approximate surface area is 87.9 Å². The summed E-state index contributed by atoms with van der Waals surface area (Å²) in [7, 11) is 1.88. The Hall–Kier alpha value is -1.31. The number of nitrogen functional groups attached to an aromatic ring is 1. The van der Waals surface area contributed by atoms with E-state index in [4.69, 9.17) is 17.3 Å². The van der Waals surface area contributed by atoms with Gasteiger partial charge in [-0.25, -0.2) is 0 Å². The van der Waals surface area contributed by atoms with Crippen molar-refractivity contribution >= 4 is 17.4 Å². The largest absolute Gasteiger partial charge is 0.381 e. The first-order valence-electron chi connectivity index (χ1n) is 4.16. The number of nitrogens with two attached hydrogens (primary N) is 1. The SMILES string of the molecule is CNCCC#Cc1cc(Cl)nnc1N. The topological polar surface area (TPSA) is 63.8 Å². The highest BCUT2D eigenvalue weighted by Crippen LogP contribution is 2.10. The van der Waals surface area contributed by atoms with Crippen LogP contribution in [0.3, 0.4) is 0 Å². The van der Waals surface area contributed by atoms with Crippen molar-refractivity contribution in [1.82, 2.24) is 15.5 Å². The summed E-state index contributed by atoms with van der Waals surface area (Å²) in [5.41, 5.74) is 6.18. The number of nitrogens with one attached hydrogen (secondary N) is 1. The maximum absolute atomic E-state index is 5.65. The summed E-state index contributed by atoms with van der Waals surface area (Å²) in [6.45, 7) is 0.846. The van der Waals surface area contributed by atoms with Gasteiger partial charge in [0, 0.05) is 13.0 Å². The van der Waals surface area contributed by atoms with Crippen molar-refractivity contribution in [2.75, 3.05) is 19.3 Å². The highest BCUT2D eigenvalue weighted by Gasteiger charge is 1.98. The van der Waals surface area contributed by atoms with Gasteiger partial charge in [0.1, 0.15) is 0 Å². The first kappa shape index (κ1) is 10.8. The molecule has 0 bridgehead atoms. The van der Waals surface area contributed by atoms with E-state index in [-0.39, 0.29) is 0 Å². The third-order valence-corrected chi connectivity index (χ3v) is 1.70. The van der Waals surface area contributed by atoms with Gasteiger partial charge >= 0.3 is 0 Å². The minimum absolute atomic E-state index is 0.303. The number of nitrogens with zero attached hydrogens (tertiary/aromatic N) is 2. The van der Waals surface area contributed by atoms with Gasteiger partial charge in [-0.3, -0.25) is 0 Å². The normalized spacial score (nSPS) is 9.29. The quantitative estimate of drug-likeness (QED) is 0.557. The highest BCUT2D eigenvalue weighted by atomic mass is 35.5. The summed E-state index contributed by atoms with van der Waals surface area (Å²) >= 11 is 5.65. The number of rotatable bonds is 2. The molecule has 3 N–H and O–H groups in total. The number of halogens is 1. The van der Waals surface area contributed by atoms with Crippen molar-refractivity contribution in [3.05, 3.63) is 16.8 Å². The van der Waals surface area contributed by atoms with Crippen molar-refractivity contribution in [3.63, 3.8) is 0 Å². The van der Waals surface area contributed by atoms with Crippen LogP contribution in [-0.4, -0.2) is 23.8 Å². The molecule has 0 radical (unpaired) electrons. The number of hydrogen-bond acceptors (Lipinski definition) is 4. The van der Waals surface area contributed by atoms with Gasteiger partial charge in [-0.15, -0.1) is 10.2 Å². The van der Waals surface area contributed by atoms with Crippen molar-refractivity contribution < 1.29 is 0 Å². The molecule has 5 heteroatoms. The van der Waals surface area contributed by atoms with E-state index in [0.29, 0.717) is 16.5 Å². The highest BCUT2D eigenvalue weighted by molar-refractivity contribution is 6.29. The van der Waals surface area contributed by atoms with Crippen molar-refractivity contribution in [2.45, 2.75) is 6.42 Å². The Balaban J connectivity index is 2.73. The monoisotopic (exact) mass is 210 g/mol. The zero-order valence-corrected chi connectivity index (χ0v) is 8.60. The summed E-state index contributed by atoms with van der Waals surface area (Å²) in [5, 5.41) is 10.5. The fraction of sp³-hybridized carbons (Fsp3) is 0.333. The van der Waals surface area contributed by atoms with Crippen LogP contribution in [-0.2, 0) is 0 Å². The zero-order valence-electron chi connectivity index (χ0n) is 7.84. The van der Waals surface area contributed by atoms with E-state index in [1.165, 1.54) is 0 Å². The molecule has 14 heavy (non-hydrogen) atoms. The maximum Gasteiger partial charge on any atom is 0.162 e. The molecule has 1 rings (SSSR count). The molecule has 1 aromatic rings. The molecule has 0 fully saturated rings. The number of aromatic nitrogens is 2.